The molecular weight excluding hydrogens is 598 g/mol. The summed E-state index contributed by atoms with van der Waals surface area (Å²) in [6.07, 6.45) is 32.4. The van der Waals surface area contributed by atoms with Crippen LogP contribution in [0.5, 0.6) is 0 Å². The number of aliphatic carboxylic acids is 1. The summed E-state index contributed by atoms with van der Waals surface area (Å²) in [6, 6.07) is 0. The quantitative estimate of drug-likeness (QED) is 0.0812. The summed E-state index contributed by atoms with van der Waals surface area (Å²) in [4.78, 5) is 35.8. The van der Waals surface area contributed by atoms with E-state index in [4.69, 9.17) is 9.84 Å². The zero-order valence-electron chi connectivity index (χ0n) is 31.0. The summed E-state index contributed by atoms with van der Waals surface area (Å²) in [5.74, 6) is 3.01. The number of carboxylic acid groups (broad SMARTS) is 1. The van der Waals surface area contributed by atoms with Gasteiger partial charge in [-0.15, -0.1) is 0 Å². The molecule has 0 saturated heterocycles. The molecule has 9 unspecified atom stereocenters. The predicted octanol–water partition coefficient (Wildman–Crippen LogP) is 10.2. The van der Waals surface area contributed by atoms with Crippen LogP contribution in [0.3, 0.4) is 0 Å². The third-order valence-electron chi connectivity index (χ3n) is 13.8. The van der Waals surface area contributed by atoms with Crippen molar-refractivity contribution in [3.63, 3.8) is 0 Å². The monoisotopic (exact) mass is 668 g/mol. The molecule has 4 fully saturated rings. The Morgan fingerprint density at radius 2 is 1.54 bits per heavy atom. The van der Waals surface area contributed by atoms with E-state index in [0.717, 1.165) is 62.7 Å². The van der Waals surface area contributed by atoms with Gasteiger partial charge in [0.25, 0.3) is 0 Å². The van der Waals surface area contributed by atoms with Crippen LogP contribution < -0.4 is 5.32 Å². The van der Waals surface area contributed by atoms with Crippen molar-refractivity contribution in [2.24, 2.45) is 46.3 Å². The van der Waals surface area contributed by atoms with E-state index in [1.807, 2.05) is 0 Å². The number of carbonyl (C=O) groups excluding carboxylic acids is 2. The molecule has 0 aliphatic heterocycles. The van der Waals surface area contributed by atoms with Crippen molar-refractivity contribution in [1.29, 1.82) is 0 Å². The molecule has 0 radical (unpaired) electrons. The normalized spacial score (nSPS) is 33.6. The number of esters is 1. The largest absolute Gasteiger partial charge is 0.480 e. The van der Waals surface area contributed by atoms with Crippen molar-refractivity contribution in [2.45, 2.75) is 169 Å². The Bertz CT molecular complexity index is 1100. The van der Waals surface area contributed by atoms with Gasteiger partial charge in [0.05, 0.1) is 0 Å². The highest BCUT2D eigenvalue weighted by Gasteiger charge is 2.60. The third kappa shape index (κ3) is 10.2. The highest BCUT2D eigenvalue weighted by atomic mass is 16.5. The molecular formula is C42H69NO5. The average Bonchev–Trinajstić information content (AvgIpc) is 3.42. The SMILES string of the molecule is CCC/C=C\C/C=C\CCCCCCCC(=O)OC1CCC2(C)C(CCC3C2CCC2(C)C(C(C)CCC(=O)NCC(=O)O)CCC32)C1. The lowest BCUT2D eigenvalue weighted by molar-refractivity contribution is -0.162. The first-order valence-electron chi connectivity index (χ1n) is 20.1. The van der Waals surface area contributed by atoms with Crippen molar-refractivity contribution in [1.82, 2.24) is 5.32 Å². The standard InChI is InChI=1S/C42H69NO5/c1-5-6-7-8-9-10-11-12-13-14-15-16-17-18-40(47)48-33-25-27-41(3)32(29-33)20-21-34-36-23-22-35(42(36,4)28-26-37(34)41)31(2)19-24-38(44)43-30-39(45)46/h7-8,10-11,31-37H,5-6,9,12-30H2,1-4H3,(H,43,44)(H,45,46)/b8-7-,11-10-. The lowest BCUT2D eigenvalue weighted by Gasteiger charge is -2.61. The van der Waals surface area contributed by atoms with Crippen molar-refractivity contribution in [3.05, 3.63) is 24.3 Å². The zero-order valence-corrected chi connectivity index (χ0v) is 31.0. The fourth-order valence-corrected chi connectivity index (χ4v) is 11.1. The van der Waals surface area contributed by atoms with Crippen LogP contribution in [0.1, 0.15) is 163 Å². The van der Waals surface area contributed by atoms with Gasteiger partial charge in [0.15, 0.2) is 0 Å². The molecule has 4 aliphatic carbocycles. The van der Waals surface area contributed by atoms with E-state index in [9.17, 15) is 14.4 Å². The maximum absolute atomic E-state index is 12.8. The molecule has 1 amide bonds. The first kappa shape index (κ1) is 38.7. The smallest absolute Gasteiger partial charge is 0.322 e. The molecule has 6 nitrogen and oxygen atoms in total. The van der Waals surface area contributed by atoms with E-state index in [1.165, 1.54) is 77.0 Å². The van der Waals surface area contributed by atoms with Gasteiger partial charge in [0.1, 0.15) is 12.6 Å². The van der Waals surface area contributed by atoms with Crippen LogP contribution in [0.4, 0.5) is 0 Å². The molecule has 6 heteroatoms. The molecule has 9 atom stereocenters. The second-order valence-electron chi connectivity index (χ2n) is 16.7. The van der Waals surface area contributed by atoms with Gasteiger partial charge in [0, 0.05) is 12.8 Å². The van der Waals surface area contributed by atoms with Gasteiger partial charge < -0.3 is 15.2 Å². The number of hydrogen-bond donors (Lipinski definition) is 2. The summed E-state index contributed by atoms with van der Waals surface area (Å²) in [7, 11) is 0. The fraction of sp³-hybridized carbons (Fsp3) is 0.833. The third-order valence-corrected chi connectivity index (χ3v) is 13.8. The highest BCUT2D eigenvalue weighted by Crippen LogP contribution is 2.68. The van der Waals surface area contributed by atoms with Crippen LogP contribution >= 0.6 is 0 Å². The van der Waals surface area contributed by atoms with Gasteiger partial charge in [0.2, 0.25) is 5.91 Å². The Morgan fingerprint density at radius 1 is 0.833 bits per heavy atom. The number of rotatable bonds is 19. The van der Waals surface area contributed by atoms with E-state index in [2.05, 4.69) is 57.3 Å². The minimum absolute atomic E-state index is 0.0234. The number of ether oxygens (including phenoxy) is 1. The molecule has 48 heavy (non-hydrogen) atoms. The van der Waals surface area contributed by atoms with Gasteiger partial charge in [-0.25, -0.2) is 0 Å². The van der Waals surface area contributed by atoms with Crippen molar-refractivity contribution >= 4 is 17.8 Å². The molecule has 2 N–H and O–H groups in total. The Balaban J connectivity index is 1.15. The summed E-state index contributed by atoms with van der Waals surface area (Å²) in [6.45, 7) is 9.39. The van der Waals surface area contributed by atoms with E-state index < -0.39 is 5.97 Å². The highest BCUT2D eigenvalue weighted by molar-refractivity contribution is 5.81. The number of nitrogens with one attached hydrogen (secondary N) is 1. The first-order valence-corrected chi connectivity index (χ1v) is 20.1. The van der Waals surface area contributed by atoms with Crippen LogP contribution in [-0.4, -0.2) is 35.6 Å². The first-order chi connectivity index (χ1) is 23.1. The van der Waals surface area contributed by atoms with Crippen molar-refractivity contribution in [3.8, 4) is 0 Å². The van der Waals surface area contributed by atoms with Gasteiger partial charge in [-0.3, -0.25) is 14.4 Å². The molecule has 0 heterocycles. The van der Waals surface area contributed by atoms with E-state index in [1.54, 1.807) is 0 Å². The summed E-state index contributed by atoms with van der Waals surface area (Å²) in [5.41, 5.74) is 0.705. The molecule has 272 valence electrons. The number of amides is 1. The van der Waals surface area contributed by atoms with Crippen LogP contribution in [0.15, 0.2) is 24.3 Å². The number of carbonyl (C=O) groups is 3. The predicted molar refractivity (Wildman–Crippen MR) is 194 cm³/mol. The summed E-state index contributed by atoms with van der Waals surface area (Å²) < 4.78 is 6.11. The van der Waals surface area contributed by atoms with E-state index in [0.29, 0.717) is 41.4 Å². The summed E-state index contributed by atoms with van der Waals surface area (Å²) in [5, 5.41) is 11.4. The topological polar surface area (TPSA) is 92.7 Å². The molecule has 0 aromatic rings. The number of fused-ring (bicyclic) bond motifs is 5. The van der Waals surface area contributed by atoms with Crippen molar-refractivity contribution in [2.75, 3.05) is 6.54 Å². The minimum atomic E-state index is -0.991. The van der Waals surface area contributed by atoms with Gasteiger partial charge in [-0.05, 0) is 143 Å². The lowest BCUT2D eigenvalue weighted by atomic mass is 9.44. The maximum atomic E-state index is 12.8. The fourth-order valence-electron chi connectivity index (χ4n) is 11.1. The molecule has 4 rings (SSSR count). The zero-order chi connectivity index (χ0) is 34.6. The van der Waals surface area contributed by atoms with Gasteiger partial charge in [-0.1, -0.05) is 77.7 Å². The van der Waals surface area contributed by atoms with Crippen LogP contribution in [0.25, 0.3) is 0 Å². The van der Waals surface area contributed by atoms with Crippen LogP contribution in [0, 0.1) is 46.3 Å². The van der Waals surface area contributed by atoms with Crippen molar-refractivity contribution < 1.29 is 24.2 Å². The van der Waals surface area contributed by atoms with Crippen LogP contribution in [-0.2, 0) is 19.1 Å². The maximum Gasteiger partial charge on any atom is 0.322 e. The lowest BCUT2D eigenvalue weighted by Crippen LogP contribution is -2.54. The number of allylic oxidation sites excluding steroid dienone is 4. The van der Waals surface area contributed by atoms with Crippen LogP contribution in [0.2, 0.25) is 0 Å². The molecule has 0 aromatic carbocycles. The molecule has 4 aliphatic rings. The Hall–Kier alpha value is -2.11. The van der Waals surface area contributed by atoms with Gasteiger partial charge in [-0.2, -0.15) is 0 Å². The number of hydrogen-bond acceptors (Lipinski definition) is 4. The minimum Gasteiger partial charge on any atom is -0.480 e. The number of carboxylic acids is 1. The Morgan fingerprint density at radius 3 is 2.31 bits per heavy atom. The molecule has 0 aromatic heterocycles. The average molecular weight is 668 g/mol. The molecule has 0 bridgehead atoms. The van der Waals surface area contributed by atoms with Gasteiger partial charge >= 0.3 is 11.9 Å². The Labute approximate surface area is 292 Å². The number of unbranched alkanes of at least 4 members (excludes halogenated alkanes) is 6. The second kappa shape index (κ2) is 18.8. The molecule has 4 saturated carbocycles. The molecule has 0 spiro atoms. The van der Waals surface area contributed by atoms with E-state index >= 15 is 0 Å². The van der Waals surface area contributed by atoms with E-state index in [-0.39, 0.29) is 24.5 Å². The summed E-state index contributed by atoms with van der Waals surface area (Å²) >= 11 is 0. The Kier molecular flexibility index (Phi) is 15.1. The second-order valence-corrected chi connectivity index (χ2v) is 16.7.